The summed E-state index contributed by atoms with van der Waals surface area (Å²) in [4.78, 5) is 41.5. The molecule has 0 saturated heterocycles. The Hall–Kier alpha value is -3.93. The van der Waals surface area contributed by atoms with Crippen LogP contribution >= 0.6 is 23.2 Å². The summed E-state index contributed by atoms with van der Waals surface area (Å²) in [5, 5.41) is 0.645. The van der Waals surface area contributed by atoms with Gasteiger partial charge < -0.3 is 23.3 Å². The molecule has 4 aromatic rings. The van der Waals surface area contributed by atoms with Crippen LogP contribution < -0.4 is 19.9 Å². The van der Waals surface area contributed by atoms with E-state index in [-0.39, 0.29) is 34.4 Å². The maximum absolute atomic E-state index is 14.3. The Morgan fingerprint density at radius 2 is 1.85 bits per heavy atom. The van der Waals surface area contributed by atoms with Crippen molar-refractivity contribution in [2.45, 2.75) is 19.0 Å². The molecule has 0 spiro atoms. The molecule has 2 atom stereocenters. The standard InChI is InChI=1S/C27H26Cl2N6O5/c1-14(13-38-3)34-22-20(31-23(34)18-11-30-27(40-5)32-24(18)39-4)26(37)35(19-10-17(29)12-33(2)25(19)36)21(22)15-6-8-16(28)9-7-15/h6-12,14,21H,13H2,1-5H3/t14-,21+/m1/s1/i4D3,5D3. The number of benzene rings is 1. The maximum Gasteiger partial charge on any atom is 0.319 e. The number of carbonyl (C=O) groups excluding carboxylic acids is 1. The van der Waals surface area contributed by atoms with Crippen molar-refractivity contribution >= 4 is 34.8 Å². The highest BCUT2D eigenvalue weighted by molar-refractivity contribution is 6.31. The molecule has 1 amide bonds. The molecule has 0 bridgehead atoms. The van der Waals surface area contributed by atoms with Crippen molar-refractivity contribution in [2.24, 2.45) is 7.05 Å². The van der Waals surface area contributed by atoms with Crippen molar-refractivity contribution in [2.75, 3.05) is 32.7 Å². The Morgan fingerprint density at radius 3 is 2.55 bits per heavy atom. The quantitative estimate of drug-likeness (QED) is 0.298. The van der Waals surface area contributed by atoms with Gasteiger partial charge in [-0.1, -0.05) is 35.3 Å². The van der Waals surface area contributed by atoms with Gasteiger partial charge in [-0.25, -0.2) is 9.97 Å². The molecule has 0 radical (unpaired) electrons. The summed E-state index contributed by atoms with van der Waals surface area (Å²) in [5.41, 5.74) is 0.238. The average Bonchev–Trinajstić information content (AvgIpc) is 3.45. The van der Waals surface area contributed by atoms with Gasteiger partial charge in [0.15, 0.2) is 5.69 Å². The maximum atomic E-state index is 14.3. The number of carbonyl (C=O) groups is 1. The predicted molar refractivity (Wildman–Crippen MR) is 150 cm³/mol. The third-order valence-electron chi connectivity index (χ3n) is 6.47. The predicted octanol–water partition coefficient (Wildman–Crippen LogP) is 4.32. The van der Waals surface area contributed by atoms with Crippen LogP contribution in [-0.4, -0.2) is 57.8 Å². The van der Waals surface area contributed by atoms with E-state index in [0.29, 0.717) is 16.3 Å². The molecule has 3 aromatic heterocycles. The first-order chi connectivity index (χ1) is 21.5. The molecule has 0 N–H and O–H groups in total. The average molecular weight is 591 g/mol. The van der Waals surface area contributed by atoms with Crippen molar-refractivity contribution in [3.05, 3.63) is 80.1 Å². The highest BCUT2D eigenvalue weighted by Crippen LogP contribution is 2.45. The molecular formula is C27H26Cl2N6O5. The number of fused-ring (bicyclic) bond motifs is 1. The first kappa shape index (κ1) is 20.9. The lowest BCUT2D eigenvalue weighted by Crippen LogP contribution is -2.36. The third kappa shape index (κ3) is 4.59. The van der Waals surface area contributed by atoms with Gasteiger partial charge in [0.2, 0.25) is 5.88 Å². The summed E-state index contributed by atoms with van der Waals surface area (Å²) in [6.45, 7) is 1.88. The van der Waals surface area contributed by atoms with Crippen molar-refractivity contribution in [3.8, 4) is 23.3 Å². The summed E-state index contributed by atoms with van der Waals surface area (Å²) in [6, 6.07) is 5.88. The van der Waals surface area contributed by atoms with Crippen LogP contribution in [0.5, 0.6) is 11.9 Å². The Morgan fingerprint density at radius 1 is 1.10 bits per heavy atom. The Balaban J connectivity index is 1.81. The molecule has 0 aliphatic carbocycles. The number of anilines is 1. The largest absolute Gasteiger partial charge is 0.480 e. The molecule has 1 aliphatic heterocycles. The number of nitrogens with zero attached hydrogens (tertiary/aromatic N) is 6. The van der Waals surface area contributed by atoms with Crippen molar-refractivity contribution in [3.63, 3.8) is 0 Å². The van der Waals surface area contributed by atoms with E-state index in [2.05, 4.69) is 15.0 Å². The molecule has 0 fully saturated rings. The van der Waals surface area contributed by atoms with Gasteiger partial charge in [0.1, 0.15) is 17.6 Å². The first-order valence-corrected chi connectivity index (χ1v) is 12.6. The van der Waals surface area contributed by atoms with Crippen LogP contribution in [0.1, 0.15) is 49.0 Å². The Kier molecular flexibility index (Phi) is 5.70. The fraction of sp³-hybridized carbons (Fsp3) is 0.296. The van der Waals surface area contributed by atoms with E-state index in [9.17, 15) is 9.59 Å². The zero-order valence-corrected chi connectivity index (χ0v) is 22.9. The van der Waals surface area contributed by atoms with Crippen molar-refractivity contribution < 1.29 is 27.2 Å². The highest BCUT2D eigenvalue weighted by atomic mass is 35.5. The second-order valence-corrected chi connectivity index (χ2v) is 9.88. The van der Waals surface area contributed by atoms with E-state index in [1.165, 1.54) is 35.9 Å². The number of imidazole rings is 1. The monoisotopic (exact) mass is 590 g/mol. The van der Waals surface area contributed by atoms with Gasteiger partial charge in [-0.05, 0) is 30.7 Å². The molecule has 11 nitrogen and oxygen atoms in total. The summed E-state index contributed by atoms with van der Waals surface area (Å²) >= 11 is 12.5. The number of ether oxygens (including phenoxy) is 3. The zero-order chi connectivity index (χ0) is 33.7. The fourth-order valence-electron chi connectivity index (χ4n) is 4.83. The highest BCUT2D eigenvalue weighted by Gasteiger charge is 2.46. The van der Waals surface area contributed by atoms with Crippen LogP contribution in [0.15, 0.2) is 47.5 Å². The van der Waals surface area contributed by atoms with Gasteiger partial charge in [0.25, 0.3) is 11.5 Å². The minimum atomic E-state index is -3.02. The number of hydrogen-bond donors (Lipinski definition) is 0. The van der Waals surface area contributed by atoms with Gasteiger partial charge in [-0.2, -0.15) is 4.98 Å². The number of amides is 1. The van der Waals surface area contributed by atoms with Gasteiger partial charge in [0, 0.05) is 31.6 Å². The topological polar surface area (TPSA) is 114 Å². The minimum Gasteiger partial charge on any atom is -0.480 e. The van der Waals surface area contributed by atoms with Crippen LogP contribution in [0, 0.1) is 0 Å². The van der Waals surface area contributed by atoms with E-state index in [1.807, 2.05) is 0 Å². The Labute approximate surface area is 248 Å². The van der Waals surface area contributed by atoms with Crippen LogP contribution in [0.4, 0.5) is 5.69 Å². The van der Waals surface area contributed by atoms with E-state index < -0.39 is 49.5 Å². The van der Waals surface area contributed by atoms with Crippen molar-refractivity contribution in [1.29, 1.82) is 0 Å². The summed E-state index contributed by atoms with van der Waals surface area (Å²) < 4.78 is 63.4. The van der Waals surface area contributed by atoms with Gasteiger partial charge in [-0.3, -0.25) is 14.5 Å². The SMILES string of the molecule is [2H]C([2H])([2H])Oc1ncc(-c2nc3c(n2[C@H](C)COC)[C@H](c2ccc(Cl)cc2)N(c2cc(Cl)cn(C)c2=O)C3=O)c(OC([2H])([2H])[2H])n1. The number of aryl methyl sites for hydroxylation is 1. The van der Waals surface area contributed by atoms with Gasteiger partial charge in [0.05, 0.1) is 51.2 Å². The number of hydrogen-bond acceptors (Lipinski definition) is 8. The zero-order valence-electron chi connectivity index (χ0n) is 27.4. The lowest BCUT2D eigenvalue weighted by molar-refractivity contribution is 0.0989. The first-order valence-electron chi connectivity index (χ1n) is 14.8. The second-order valence-electron chi connectivity index (χ2n) is 9.01. The van der Waals surface area contributed by atoms with Crippen LogP contribution in [-0.2, 0) is 11.8 Å². The minimum absolute atomic E-state index is 0.00799. The number of pyridine rings is 1. The molecule has 5 rings (SSSR count). The van der Waals surface area contributed by atoms with Gasteiger partial charge >= 0.3 is 6.01 Å². The molecule has 13 heteroatoms. The molecule has 0 saturated carbocycles. The van der Waals surface area contributed by atoms with Crippen LogP contribution in [0.2, 0.25) is 10.0 Å². The van der Waals surface area contributed by atoms with E-state index in [0.717, 1.165) is 6.20 Å². The van der Waals surface area contributed by atoms with Gasteiger partial charge in [-0.15, -0.1) is 0 Å². The molecule has 1 aromatic carbocycles. The van der Waals surface area contributed by atoms with E-state index in [4.69, 9.17) is 45.6 Å². The molecule has 1 aliphatic rings. The van der Waals surface area contributed by atoms with Crippen LogP contribution in [0.3, 0.4) is 0 Å². The Bertz CT molecular complexity index is 1860. The number of rotatable bonds is 8. The van der Waals surface area contributed by atoms with Crippen LogP contribution in [0.25, 0.3) is 11.4 Å². The summed E-state index contributed by atoms with van der Waals surface area (Å²) in [7, 11) is -2.98. The number of methoxy groups -OCH3 is 3. The smallest absolute Gasteiger partial charge is 0.319 e. The normalized spacial score (nSPS) is 18.2. The van der Waals surface area contributed by atoms with E-state index >= 15 is 0 Å². The number of aromatic nitrogens is 5. The fourth-order valence-corrected chi connectivity index (χ4v) is 5.20. The third-order valence-corrected chi connectivity index (χ3v) is 6.93. The molecular weight excluding hydrogens is 559 g/mol. The molecule has 0 unspecified atom stereocenters. The molecule has 4 heterocycles. The molecule has 208 valence electrons. The molecule has 40 heavy (non-hydrogen) atoms. The number of halogens is 2. The van der Waals surface area contributed by atoms with Crippen molar-refractivity contribution in [1.82, 2.24) is 24.1 Å². The second kappa shape index (κ2) is 10.9. The summed E-state index contributed by atoms with van der Waals surface area (Å²) in [6.07, 6.45) is 2.51. The lowest BCUT2D eigenvalue weighted by Gasteiger charge is -2.29. The van der Waals surface area contributed by atoms with E-state index in [1.54, 1.807) is 35.8 Å². The lowest BCUT2D eigenvalue weighted by atomic mass is 10.0. The summed E-state index contributed by atoms with van der Waals surface area (Å²) in [5.74, 6) is -1.21.